The molecule has 2 aliphatic heterocycles. The Kier molecular flexibility index (Phi) is 5.52. The third kappa shape index (κ3) is 3.07. The number of nitrogens with zero attached hydrogens (tertiary/aromatic N) is 4. The summed E-state index contributed by atoms with van der Waals surface area (Å²) in [7, 11) is 1.77. The lowest BCUT2D eigenvalue weighted by Crippen LogP contribution is -2.35. The van der Waals surface area contributed by atoms with Gasteiger partial charge in [-0.05, 0) is 44.9 Å². The minimum absolute atomic E-state index is 0.0492. The molecular formula is C22H30N4OS. The van der Waals surface area contributed by atoms with Crippen LogP contribution in [0.25, 0.3) is 0 Å². The van der Waals surface area contributed by atoms with Gasteiger partial charge in [0.05, 0.1) is 18.3 Å². The molecule has 2 aliphatic rings. The molecule has 0 spiro atoms. The lowest BCUT2D eigenvalue weighted by atomic mass is 9.92. The Morgan fingerprint density at radius 2 is 2.04 bits per heavy atom. The number of rotatable bonds is 6. The zero-order chi connectivity index (χ0) is 19.8. The standard InChI is InChI=1S/C22H30N4OS/c1-6-17-13-28-22-24-20(18-9-7-8-10-23-18)21(26(17)22)19-14(2)15(3)25(16(19)4)11-12-27-5/h7-10,17,20-21H,6,11-13H2,1-5H3/t17-,20-,21+/m0/s1. The SMILES string of the molecule is CC[C@H]1CSC2=N[C@@H](c3ccccn3)[C@@H](c3c(C)c(C)n(CCOC)c3C)N21. The Balaban J connectivity index is 1.83. The smallest absolute Gasteiger partial charge is 0.160 e. The van der Waals surface area contributed by atoms with Crippen LogP contribution < -0.4 is 0 Å². The first-order chi connectivity index (χ1) is 13.6. The molecule has 0 bridgehead atoms. The minimum Gasteiger partial charge on any atom is -0.383 e. The number of pyridine rings is 1. The van der Waals surface area contributed by atoms with E-state index < -0.39 is 0 Å². The third-order valence-corrected chi connectivity index (χ3v) is 7.42. The van der Waals surface area contributed by atoms with Crippen LogP contribution in [-0.4, -0.2) is 45.1 Å². The van der Waals surface area contributed by atoms with Crippen molar-refractivity contribution in [2.45, 2.75) is 58.8 Å². The van der Waals surface area contributed by atoms with Crippen molar-refractivity contribution in [1.82, 2.24) is 14.5 Å². The molecule has 6 heteroatoms. The molecule has 0 N–H and O–H groups in total. The van der Waals surface area contributed by atoms with Crippen LogP contribution in [0.1, 0.15) is 53.6 Å². The van der Waals surface area contributed by atoms with E-state index in [0.717, 1.165) is 31.0 Å². The predicted molar refractivity (Wildman–Crippen MR) is 116 cm³/mol. The highest BCUT2D eigenvalue weighted by atomic mass is 32.2. The number of fused-ring (bicyclic) bond motifs is 1. The summed E-state index contributed by atoms with van der Waals surface area (Å²) in [5, 5.41) is 1.19. The highest BCUT2D eigenvalue weighted by Gasteiger charge is 2.47. The van der Waals surface area contributed by atoms with E-state index in [2.05, 4.69) is 54.3 Å². The number of methoxy groups -OCH3 is 1. The first-order valence-corrected chi connectivity index (χ1v) is 11.1. The van der Waals surface area contributed by atoms with E-state index in [9.17, 15) is 0 Å². The summed E-state index contributed by atoms with van der Waals surface area (Å²) in [5.41, 5.74) is 6.52. The Bertz CT molecular complexity index is 876. The van der Waals surface area contributed by atoms with Crippen molar-refractivity contribution in [2.24, 2.45) is 4.99 Å². The molecular weight excluding hydrogens is 368 g/mol. The fourth-order valence-electron chi connectivity index (χ4n) is 4.68. The first-order valence-electron chi connectivity index (χ1n) is 10.1. The van der Waals surface area contributed by atoms with Gasteiger partial charge in [0.25, 0.3) is 0 Å². The Morgan fingerprint density at radius 3 is 2.71 bits per heavy atom. The van der Waals surface area contributed by atoms with Crippen molar-refractivity contribution in [3.8, 4) is 0 Å². The van der Waals surface area contributed by atoms with Crippen LogP contribution >= 0.6 is 11.8 Å². The second kappa shape index (κ2) is 7.91. The molecule has 0 aromatic carbocycles. The van der Waals surface area contributed by atoms with Crippen LogP contribution in [0, 0.1) is 20.8 Å². The summed E-state index contributed by atoms with van der Waals surface area (Å²) >= 11 is 1.90. The van der Waals surface area contributed by atoms with E-state index in [1.54, 1.807) is 7.11 Å². The second-order valence-electron chi connectivity index (χ2n) is 7.69. The van der Waals surface area contributed by atoms with Crippen molar-refractivity contribution in [3.63, 3.8) is 0 Å². The largest absolute Gasteiger partial charge is 0.383 e. The van der Waals surface area contributed by atoms with Gasteiger partial charge in [-0.15, -0.1) is 0 Å². The summed E-state index contributed by atoms with van der Waals surface area (Å²) in [5.74, 6) is 1.13. The van der Waals surface area contributed by atoms with Gasteiger partial charge in [0.2, 0.25) is 0 Å². The van der Waals surface area contributed by atoms with Gasteiger partial charge in [-0.2, -0.15) is 0 Å². The lowest BCUT2D eigenvalue weighted by molar-refractivity contribution is 0.186. The van der Waals surface area contributed by atoms with Crippen LogP contribution in [0.3, 0.4) is 0 Å². The van der Waals surface area contributed by atoms with Gasteiger partial charge in [-0.3, -0.25) is 9.98 Å². The topological polar surface area (TPSA) is 42.6 Å². The number of aliphatic imine (C=N–C) groups is 1. The van der Waals surface area contributed by atoms with Gasteiger partial charge in [0.15, 0.2) is 5.17 Å². The molecule has 2 aromatic heterocycles. The fraction of sp³-hybridized carbons (Fsp3) is 0.545. The van der Waals surface area contributed by atoms with Crippen LogP contribution in [0.2, 0.25) is 0 Å². The number of aromatic nitrogens is 2. The average Bonchev–Trinajstić information content (AvgIpc) is 3.34. The number of amidine groups is 1. The molecule has 3 atom stereocenters. The van der Waals surface area contributed by atoms with Crippen molar-refractivity contribution < 1.29 is 4.74 Å². The minimum atomic E-state index is 0.0492. The average molecular weight is 399 g/mol. The van der Waals surface area contributed by atoms with Gasteiger partial charge in [-0.1, -0.05) is 24.8 Å². The zero-order valence-electron chi connectivity index (χ0n) is 17.5. The molecule has 0 saturated carbocycles. The van der Waals surface area contributed by atoms with Gasteiger partial charge >= 0.3 is 0 Å². The van der Waals surface area contributed by atoms with E-state index in [4.69, 9.17) is 9.73 Å². The maximum absolute atomic E-state index is 5.36. The van der Waals surface area contributed by atoms with Crippen molar-refractivity contribution in [2.75, 3.05) is 19.5 Å². The Morgan fingerprint density at radius 1 is 1.21 bits per heavy atom. The molecule has 4 rings (SSSR count). The van der Waals surface area contributed by atoms with Crippen LogP contribution in [0.4, 0.5) is 0 Å². The maximum Gasteiger partial charge on any atom is 0.160 e. The molecule has 0 radical (unpaired) electrons. The van der Waals surface area contributed by atoms with Crippen LogP contribution in [0.15, 0.2) is 29.4 Å². The van der Waals surface area contributed by atoms with Crippen LogP contribution in [-0.2, 0) is 11.3 Å². The maximum atomic E-state index is 5.36. The molecule has 1 fully saturated rings. The molecule has 1 saturated heterocycles. The van der Waals surface area contributed by atoms with Gasteiger partial charge in [0.1, 0.15) is 6.04 Å². The normalized spacial score (nSPS) is 24.0. The van der Waals surface area contributed by atoms with E-state index in [1.807, 2.05) is 24.0 Å². The van der Waals surface area contributed by atoms with E-state index in [1.165, 1.54) is 27.7 Å². The summed E-state index contributed by atoms with van der Waals surface area (Å²) in [6.07, 6.45) is 3.02. The number of hydrogen-bond donors (Lipinski definition) is 0. The van der Waals surface area contributed by atoms with Gasteiger partial charge in [-0.25, -0.2) is 0 Å². The van der Waals surface area contributed by atoms with Crippen molar-refractivity contribution in [1.29, 1.82) is 0 Å². The fourth-order valence-corrected chi connectivity index (χ4v) is 6.02. The highest BCUT2D eigenvalue weighted by molar-refractivity contribution is 8.14. The summed E-state index contributed by atoms with van der Waals surface area (Å²) in [6.45, 7) is 10.6. The Hall–Kier alpha value is -1.79. The monoisotopic (exact) mass is 398 g/mol. The lowest BCUT2D eigenvalue weighted by Gasteiger charge is -2.32. The molecule has 5 nitrogen and oxygen atoms in total. The van der Waals surface area contributed by atoms with Crippen molar-refractivity contribution in [3.05, 3.63) is 52.6 Å². The summed E-state index contributed by atoms with van der Waals surface area (Å²) in [6, 6.07) is 6.97. The number of ether oxygens (including phenoxy) is 1. The molecule has 0 aliphatic carbocycles. The Labute approximate surface area is 172 Å². The number of hydrogen-bond acceptors (Lipinski definition) is 5. The molecule has 28 heavy (non-hydrogen) atoms. The highest BCUT2D eigenvalue weighted by Crippen LogP contribution is 2.50. The molecule has 2 aromatic rings. The zero-order valence-corrected chi connectivity index (χ0v) is 18.3. The quantitative estimate of drug-likeness (QED) is 0.722. The van der Waals surface area contributed by atoms with E-state index in [-0.39, 0.29) is 12.1 Å². The molecule has 4 heterocycles. The second-order valence-corrected chi connectivity index (χ2v) is 8.68. The molecule has 150 valence electrons. The van der Waals surface area contributed by atoms with Crippen molar-refractivity contribution >= 4 is 16.9 Å². The van der Waals surface area contributed by atoms with Gasteiger partial charge < -0.3 is 14.2 Å². The van der Waals surface area contributed by atoms with E-state index >= 15 is 0 Å². The van der Waals surface area contributed by atoms with E-state index in [0.29, 0.717) is 6.04 Å². The number of thioether (sulfide) groups is 1. The molecule has 0 amide bonds. The van der Waals surface area contributed by atoms with Gasteiger partial charge in [0, 0.05) is 48.6 Å². The van der Waals surface area contributed by atoms with Crippen LogP contribution in [0.5, 0.6) is 0 Å². The summed E-state index contributed by atoms with van der Waals surface area (Å²) in [4.78, 5) is 12.4. The first kappa shape index (κ1) is 19.5. The summed E-state index contributed by atoms with van der Waals surface area (Å²) < 4.78 is 7.77. The third-order valence-electron chi connectivity index (χ3n) is 6.29. The molecule has 0 unspecified atom stereocenters. The predicted octanol–water partition coefficient (Wildman–Crippen LogP) is 4.43.